The van der Waals surface area contributed by atoms with E-state index in [-0.39, 0.29) is 0 Å². The van der Waals surface area contributed by atoms with Gasteiger partial charge in [0.05, 0.1) is 11.6 Å². The molecule has 1 atom stereocenters. The molecule has 0 radical (unpaired) electrons. The Morgan fingerprint density at radius 1 is 1.21 bits per heavy atom. The van der Waals surface area contributed by atoms with Crippen molar-refractivity contribution in [2.45, 2.75) is 20.3 Å². The van der Waals surface area contributed by atoms with Crippen LogP contribution >= 0.6 is 11.6 Å². The Morgan fingerprint density at radius 3 is 2.38 bits per heavy atom. The van der Waals surface area contributed by atoms with Gasteiger partial charge < -0.3 is 10.1 Å². The molecule has 1 aliphatic rings. The van der Waals surface area contributed by atoms with Gasteiger partial charge in [0.2, 0.25) is 5.88 Å². The molecule has 0 aliphatic carbocycles. The second-order valence-electron chi connectivity index (χ2n) is 4.92. The highest BCUT2D eigenvalue weighted by Crippen LogP contribution is 2.14. The zero-order valence-corrected chi connectivity index (χ0v) is 14.7. The lowest BCUT2D eigenvalue weighted by Gasteiger charge is -2.09. The maximum Gasteiger partial charge on any atom is 0.213 e. The first-order chi connectivity index (χ1) is 11.6. The molecule has 1 aromatic carbocycles. The molecule has 0 spiro atoms. The number of nitrogens with one attached hydrogen (secondary N) is 1. The quantitative estimate of drug-likeness (QED) is 0.864. The van der Waals surface area contributed by atoms with Crippen molar-refractivity contribution in [3.8, 4) is 5.88 Å². The Labute approximate surface area is 147 Å². The van der Waals surface area contributed by atoms with Gasteiger partial charge in [-0.25, -0.2) is 13.8 Å². The van der Waals surface area contributed by atoms with E-state index in [0.29, 0.717) is 16.8 Å². The molecule has 2 heterocycles. The molecule has 1 N–H and O–H groups in total. The van der Waals surface area contributed by atoms with Gasteiger partial charge in [0.15, 0.2) is 0 Å². The largest absolute Gasteiger partial charge is 0.477 e. The van der Waals surface area contributed by atoms with Gasteiger partial charge in [-0.1, -0.05) is 31.5 Å². The molecule has 1 aliphatic heterocycles. The number of ether oxygens (including phenoxy) is 1. The van der Waals surface area contributed by atoms with Crippen molar-refractivity contribution in [1.82, 2.24) is 10.3 Å². The third-order valence-corrected chi connectivity index (χ3v) is 3.34. The lowest BCUT2D eigenvalue weighted by Crippen LogP contribution is -2.15. The first-order valence-electron chi connectivity index (χ1n) is 7.99. The number of nitrogens with zero attached hydrogens (tertiary/aromatic N) is 1. The maximum atomic E-state index is 11.9. The number of aromatic nitrogens is 1. The molecule has 3 nitrogen and oxygen atoms in total. The molecule has 132 valence electrons. The summed E-state index contributed by atoms with van der Waals surface area (Å²) in [5.41, 5.74) is 0. The van der Waals surface area contributed by atoms with E-state index >= 15 is 0 Å². The van der Waals surface area contributed by atoms with Crippen LogP contribution < -0.4 is 10.1 Å². The number of benzene rings is 1. The van der Waals surface area contributed by atoms with Crippen molar-refractivity contribution >= 4 is 11.6 Å². The third kappa shape index (κ3) is 8.22. The molecule has 1 fully saturated rings. The highest BCUT2D eigenvalue weighted by molar-refractivity contribution is 6.30. The number of hydrogen-bond acceptors (Lipinski definition) is 3. The number of rotatable bonds is 3. The van der Waals surface area contributed by atoms with Gasteiger partial charge in [-0.2, -0.15) is 0 Å². The number of hydrogen-bond donors (Lipinski definition) is 1. The zero-order valence-electron chi connectivity index (χ0n) is 13.9. The van der Waals surface area contributed by atoms with Crippen LogP contribution in [-0.2, 0) is 0 Å². The fraction of sp³-hybridized carbons (Fsp3) is 0.389. The van der Waals surface area contributed by atoms with Crippen LogP contribution in [0.4, 0.5) is 8.78 Å². The van der Waals surface area contributed by atoms with Gasteiger partial charge in [-0.05, 0) is 31.2 Å². The van der Waals surface area contributed by atoms with Crippen LogP contribution in [0, 0.1) is 17.6 Å². The molecule has 24 heavy (non-hydrogen) atoms. The van der Waals surface area contributed by atoms with Gasteiger partial charge in [-0.3, -0.25) is 0 Å². The van der Waals surface area contributed by atoms with E-state index in [4.69, 9.17) is 16.3 Å². The highest BCUT2D eigenvalue weighted by Gasteiger charge is 2.14. The van der Waals surface area contributed by atoms with Gasteiger partial charge in [0, 0.05) is 30.8 Å². The number of halogens is 3. The normalized spacial score (nSPS) is 15.6. The minimum atomic E-state index is -0.537. The Balaban J connectivity index is 0.000000245. The Hall–Kier alpha value is -1.72. The van der Waals surface area contributed by atoms with Gasteiger partial charge >= 0.3 is 0 Å². The minimum absolute atomic E-state index is 0.537. The summed E-state index contributed by atoms with van der Waals surface area (Å²) >= 11 is 5.71. The topological polar surface area (TPSA) is 34.1 Å². The van der Waals surface area contributed by atoms with E-state index in [1.54, 1.807) is 18.3 Å². The zero-order chi connectivity index (χ0) is 17.8. The molecule has 0 amide bonds. The van der Waals surface area contributed by atoms with E-state index in [9.17, 15) is 8.78 Å². The lowest BCUT2D eigenvalue weighted by atomic mass is 10.1. The molecule has 0 saturated carbocycles. The molecular formula is C18H23ClF2N2O. The molecule has 1 unspecified atom stereocenters. The summed E-state index contributed by atoms with van der Waals surface area (Å²) in [5.74, 6) is 0.198. The van der Waals surface area contributed by atoms with Gasteiger partial charge in [0.1, 0.15) is 11.6 Å². The van der Waals surface area contributed by atoms with E-state index < -0.39 is 11.6 Å². The van der Waals surface area contributed by atoms with E-state index in [1.807, 2.05) is 13.8 Å². The highest BCUT2D eigenvalue weighted by atomic mass is 35.5. The average molecular weight is 357 g/mol. The minimum Gasteiger partial charge on any atom is -0.477 e. The van der Waals surface area contributed by atoms with E-state index in [0.717, 1.165) is 25.8 Å². The van der Waals surface area contributed by atoms with Crippen LogP contribution in [0.3, 0.4) is 0 Å². The molecule has 2 aromatic rings. The van der Waals surface area contributed by atoms with Crippen molar-refractivity contribution in [2.75, 3.05) is 19.7 Å². The van der Waals surface area contributed by atoms with Gasteiger partial charge in [0.25, 0.3) is 0 Å². The molecule has 6 heteroatoms. The predicted molar refractivity (Wildman–Crippen MR) is 93.4 cm³/mol. The average Bonchev–Trinajstić information content (AvgIpc) is 3.10. The Kier molecular flexibility index (Phi) is 9.96. The summed E-state index contributed by atoms with van der Waals surface area (Å²) < 4.78 is 29.4. The number of pyridine rings is 1. The summed E-state index contributed by atoms with van der Waals surface area (Å²) in [7, 11) is 0. The molecule has 3 rings (SSSR count). The second-order valence-corrected chi connectivity index (χ2v) is 5.36. The first-order valence-corrected chi connectivity index (χ1v) is 8.37. The second kappa shape index (κ2) is 11.8. The summed E-state index contributed by atoms with van der Waals surface area (Å²) in [5, 5.41) is 3.93. The molecule has 1 saturated heterocycles. The van der Waals surface area contributed by atoms with Crippen LogP contribution in [0.2, 0.25) is 5.02 Å². The first kappa shape index (κ1) is 20.3. The van der Waals surface area contributed by atoms with Crippen molar-refractivity contribution in [3.63, 3.8) is 0 Å². The van der Waals surface area contributed by atoms with Crippen LogP contribution in [0.1, 0.15) is 20.3 Å². The molecule has 1 aromatic heterocycles. The predicted octanol–water partition coefficient (Wildman–Crippen LogP) is 4.71. The van der Waals surface area contributed by atoms with Crippen molar-refractivity contribution < 1.29 is 13.5 Å². The van der Waals surface area contributed by atoms with E-state index in [2.05, 4.69) is 10.3 Å². The fourth-order valence-electron chi connectivity index (χ4n) is 1.97. The fourth-order valence-corrected chi connectivity index (χ4v) is 2.08. The standard InChI is InChI=1S/C10H13ClN2O.C6H4F2.C2H6/c11-9-1-2-10(13-6-9)14-7-8-3-4-12-5-8;7-5-2-1-3-6(8)4-5;1-2/h1-2,6,8,12H,3-5,7H2;1-4H;1-2H3. The van der Waals surface area contributed by atoms with Crippen LogP contribution in [0.5, 0.6) is 5.88 Å². The van der Waals surface area contributed by atoms with Crippen molar-refractivity contribution in [3.05, 3.63) is 59.3 Å². The summed E-state index contributed by atoms with van der Waals surface area (Å²) in [6, 6.07) is 8.14. The molecular weight excluding hydrogens is 334 g/mol. The van der Waals surface area contributed by atoms with Gasteiger partial charge in [-0.15, -0.1) is 0 Å². The van der Waals surface area contributed by atoms with Crippen LogP contribution in [-0.4, -0.2) is 24.7 Å². The summed E-state index contributed by atoms with van der Waals surface area (Å²) in [6.45, 7) is 6.89. The monoisotopic (exact) mass is 356 g/mol. The summed E-state index contributed by atoms with van der Waals surface area (Å²) in [4.78, 5) is 4.06. The van der Waals surface area contributed by atoms with Crippen molar-refractivity contribution in [2.24, 2.45) is 5.92 Å². The third-order valence-electron chi connectivity index (χ3n) is 3.12. The Morgan fingerprint density at radius 2 is 1.92 bits per heavy atom. The smallest absolute Gasteiger partial charge is 0.213 e. The van der Waals surface area contributed by atoms with E-state index in [1.165, 1.54) is 24.6 Å². The SMILES string of the molecule is CC.Clc1ccc(OCC2CCNC2)nc1.Fc1cccc(F)c1. The lowest BCUT2D eigenvalue weighted by molar-refractivity contribution is 0.251. The van der Waals surface area contributed by atoms with Crippen LogP contribution in [0.25, 0.3) is 0 Å². The maximum absolute atomic E-state index is 11.9. The summed E-state index contributed by atoms with van der Waals surface area (Å²) in [6.07, 6.45) is 2.79. The Bertz CT molecular complexity index is 558. The van der Waals surface area contributed by atoms with Crippen molar-refractivity contribution in [1.29, 1.82) is 0 Å². The van der Waals surface area contributed by atoms with Crippen LogP contribution in [0.15, 0.2) is 42.6 Å². The molecule has 0 bridgehead atoms.